The SMILES string of the molecule is CCCNS(=O)(=O)c1cc(C(=O)N[C@H](C)CCC)ccc1OC. The van der Waals surface area contributed by atoms with Crippen LogP contribution in [0.25, 0.3) is 0 Å². The van der Waals surface area contributed by atoms with Gasteiger partial charge in [0.05, 0.1) is 7.11 Å². The summed E-state index contributed by atoms with van der Waals surface area (Å²) in [4.78, 5) is 12.2. The van der Waals surface area contributed by atoms with Crippen LogP contribution >= 0.6 is 0 Å². The highest BCUT2D eigenvalue weighted by molar-refractivity contribution is 7.89. The van der Waals surface area contributed by atoms with E-state index in [4.69, 9.17) is 4.74 Å². The monoisotopic (exact) mass is 342 g/mol. The average Bonchev–Trinajstić information content (AvgIpc) is 2.52. The Morgan fingerprint density at radius 2 is 1.96 bits per heavy atom. The zero-order valence-electron chi connectivity index (χ0n) is 14.2. The van der Waals surface area contributed by atoms with Crippen LogP contribution in [-0.4, -0.2) is 34.0 Å². The van der Waals surface area contributed by atoms with Crippen LogP contribution in [0, 0.1) is 0 Å². The predicted octanol–water partition coefficient (Wildman–Crippen LogP) is 2.30. The zero-order valence-corrected chi connectivity index (χ0v) is 15.0. The Balaban J connectivity index is 3.10. The van der Waals surface area contributed by atoms with Crippen LogP contribution in [0.2, 0.25) is 0 Å². The molecule has 2 N–H and O–H groups in total. The first kappa shape index (κ1) is 19.4. The van der Waals surface area contributed by atoms with E-state index in [0.29, 0.717) is 18.5 Å². The van der Waals surface area contributed by atoms with Crippen molar-refractivity contribution in [2.75, 3.05) is 13.7 Å². The van der Waals surface area contributed by atoms with Gasteiger partial charge < -0.3 is 10.1 Å². The van der Waals surface area contributed by atoms with E-state index in [1.54, 1.807) is 6.07 Å². The Hall–Kier alpha value is -1.60. The number of methoxy groups -OCH3 is 1. The van der Waals surface area contributed by atoms with E-state index in [1.165, 1.54) is 19.2 Å². The Morgan fingerprint density at radius 1 is 1.26 bits per heavy atom. The van der Waals surface area contributed by atoms with Gasteiger partial charge in [-0.15, -0.1) is 0 Å². The minimum absolute atomic E-state index is 0.0238. The maximum absolute atomic E-state index is 12.3. The molecule has 0 fully saturated rings. The van der Waals surface area contributed by atoms with E-state index in [1.807, 2.05) is 20.8 Å². The number of ether oxygens (including phenoxy) is 1. The maximum Gasteiger partial charge on any atom is 0.251 e. The third-order valence-electron chi connectivity index (χ3n) is 3.36. The number of amides is 1. The molecular formula is C16H26N2O4S. The second kappa shape index (κ2) is 8.88. The van der Waals surface area contributed by atoms with Crippen LogP contribution in [0.3, 0.4) is 0 Å². The smallest absolute Gasteiger partial charge is 0.251 e. The summed E-state index contributed by atoms with van der Waals surface area (Å²) < 4.78 is 32.3. The largest absolute Gasteiger partial charge is 0.495 e. The third kappa shape index (κ3) is 5.51. The highest BCUT2D eigenvalue weighted by Gasteiger charge is 2.21. The highest BCUT2D eigenvalue weighted by Crippen LogP contribution is 2.25. The first-order valence-corrected chi connectivity index (χ1v) is 9.32. The minimum atomic E-state index is -3.71. The van der Waals surface area contributed by atoms with Crippen molar-refractivity contribution in [1.82, 2.24) is 10.0 Å². The molecule has 1 atom stereocenters. The summed E-state index contributed by atoms with van der Waals surface area (Å²) in [7, 11) is -2.31. The topological polar surface area (TPSA) is 84.5 Å². The zero-order chi connectivity index (χ0) is 17.5. The van der Waals surface area contributed by atoms with Gasteiger partial charge in [-0.2, -0.15) is 0 Å². The van der Waals surface area contributed by atoms with Crippen molar-refractivity contribution in [3.63, 3.8) is 0 Å². The van der Waals surface area contributed by atoms with E-state index in [2.05, 4.69) is 10.0 Å². The Kier molecular flexibility index (Phi) is 7.51. The number of benzene rings is 1. The van der Waals surface area contributed by atoms with Crippen LogP contribution < -0.4 is 14.8 Å². The molecule has 0 saturated heterocycles. The summed E-state index contributed by atoms with van der Waals surface area (Å²) in [5.74, 6) is -0.0766. The van der Waals surface area contributed by atoms with Crippen molar-refractivity contribution in [3.05, 3.63) is 23.8 Å². The fourth-order valence-corrected chi connectivity index (χ4v) is 3.48. The van der Waals surface area contributed by atoms with Gasteiger partial charge in [0.2, 0.25) is 10.0 Å². The van der Waals surface area contributed by atoms with Crippen molar-refractivity contribution >= 4 is 15.9 Å². The van der Waals surface area contributed by atoms with Crippen molar-refractivity contribution in [2.24, 2.45) is 0 Å². The Labute approximate surface area is 138 Å². The number of carbonyl (C=O) groups is 1. The predicted molar refractivity (Wildman–Crippen MR) is 90.3 cm³/mol. The van der Waals surface area contributed by atoms with Crippen molar-refractivity contribution in [1.29, 1.82) is 0 Å². The van der Waals surface area contributed by atoms with Gasteiger partial charge in [-0.1, -0.05) is 20.3 Å². The lowest BCUT2D eigenvalue weighted by molar-refractivity contribution is 0.0938. The van der Waals surface area contributed by atoms with E-state index in [9.17, 15) is 13.2 Å². The molecule has 0 saturated carbocycles. The number of nitrogens with one attached hydrogen (secondary N) is 2. The van der Waals surface area contributed by atoms with Crippen LogP contribution in [0.4, 0.5) is 0 Å². The summed E-state index contributed by atoms with van der Waals surface area (Å²) in [5, 5.41) is 2.86. The van der Waals surface area contributed by atoms with Crippen LogP contribution in [-0.2, 0) is 10.0 Å². The first-order chi connectivity index (χ1) is 10.9. The molecule has 0 heterocycles. The molecule has 130 valence electrons. The average molecular weight is 342 g/mol. The van der Waals surface area contributed by atoms with Crippen LogP contribution in [0.5, 0.6) is 5.75 Å². The van der Waals surface area contributed by atoms with E-state index in [0.717, 1.165) is 12.8 Å². The highest BCUT2D eigenvalue weighted by atomic mass is 32.2. The summed E-state index contributed by atoms with van der Waals surface area (Å²) in [6, 6.07) is 4.45. The van der Waals surface area contributed by atoms with Gasteiger partial charge in [-0.05, 0) is 38.0 Å². The lowest BCUT2D eigenvalue weighted by Crippen LogP contribution is -2.32. The molecule has 6 nitrogen and oxygen atoms in total. The quantitative estimate of drug-likeness (QED) is 0.721. The minimum Gasteiger partial charge on any atom is -0.495 e. The molecule has 1 rings (SSSR count). The number of sulfonamides is 1. The van der Waals surface area contributed by atoms with E-state index >= 15 is 0 Å². The fourth-order valence-electron chi connectivity index (χ4n) is 2.15. The van der Waals surface area contributed by atoms with Gasteiger partial charge in [0.25, 0.3) is 5.91 Å². The van der Waals surface area contributed by atoms with E-state index < -0.39 is 10.0 Å². The Bertz CT molecular complexity index is 629. The molecule has 0 aliphatic carbocycles. The molecule has 23 heavy (non-hydrogen) atoms. The number of hydrogen-bond acceptors (Lipinski definition) is 4. The second-order valence-electron chi connectivity index (χ2n) is 5.43. The van der Waals surface area contributed by atoms with Gasteiger partial charge >= 0.3 is 0 Å². The molecule has 0 aromatic heterocycles. The van der Waals surface area contributed by atoms with Crippen LogP contribution in [0.15, 0.2) is 23.1 Å². The third-order valence-corrected chi connectivity index (χ3v) is 4.84. The van der Waals surface area contributed by atoms with Crippen molar-refractivity contribution in [2.45, 2.75) is 51.0 Å². The molecule has 1 aromatic rings. The van der Waals surface area contributed by atoms with Gasteiger partial charge in [-0.25, -0.2) is 13.1 Å². The number of hydrogen-bond donors (Lipinski definition) is 2. The maximum atomic E-state index is 12.3. The van der Waals surface area contributed by atoms with Gasteiger partial charge in [0.1, 0.15) is 10.6 Å². The molecule has 0 bridgehead atoms. The number of rotatable bonds is 9. The van der Waals surface area contributed by atoms with Crippen LogP contribution in [0.1, 0.15) is 50.4 Å². The normalized spacial score (nSPS) is 12.7. The van der Waals surface area contributed by atoms with Crippen molar-refractivity contribution in [3.8, 4) is 5.75 Å². The fraction of sp³-hybridized carbons (Fsp3) is 0.562. The molecular weight excluding hydrogens is 316 g/mol. The standard InChI is InChI=1S/C16H26N2O4S/c1-5-7-12(3)18-16(19)13-8-9-14(22-4)15(11-13)23(20,21)17-10-6-2/h8-9,11-12,17H,5-7,10H2,1-4H3,(H,18,19)/t12-/m1/s1. The molecule has 0 aliphatic rings. The summed E-state index contributed by atoms with van der Waals surface area (Å²) in [6.45, 7) is 6.17. The Morgan fingerprint density at radius 3 is 2.52 bits per heavy atom. The summed E-state index contributed by atoms with van der Waals surface area (Å²) >= 11 is 0. The first-order valence-electron chi connectivity index (χ1n) is 7.84. The molecule has 0 unspecified atom stereocenters. The molecule has 0 radical (unpaired) electrons. The van der Waals surface area contributed by atoms with E-state index in [-0.39, 0.29) is 22.6 Å². The van der Waals surface area contributed by atoms with Crippen molar-refractivity contribution < 1.29 is 17.9 Å². The molecule has 1 aromatic carbocycles. The molecule has 0 aliphatic heterocycles. The molecule has 0 spiro atoms. The lowest BCUT2D eigenvalue weighted by Gasteiger charge is -2.15. The lowest BCUT2D eigenvalue weighted by atomic mass is 10.1. The van der Waals surface area contributed by atoms with Gasteiger partial charge in [0.15, 0.2) is 0 Å². The number of carbonyl (C=O) groups excluding carboxylic acids is 1. The van der Waals surface area contributed by atoms with Gasteiger partial charge in [-0.3, -0.25) is 4.79 Å². The second-order valence-corrected chi connectivity index (χ2v) is 7.16. The van der Waals surface area contributed by atoms with Gasteiger partial charge in [0, 0.05) is 18.2 Å². The molecule has 1 amide bonds. The molecule has 7 heteroatoms. The summed E-state index contributed by atoms with van der Waals surface area (Å²) in [6.07, 6.45) is 2.51. The summed E-state index contributed by atoms with van der Waals surface area (Å²) in [5.41, 5.74) is 0.297.